The van der Waals surface area contributed by atoms with Gasteiger partial charge in [-0.3, -0.25) is 4.90 Å². The van der Waals surface area contributed by atoms with Crippen LogP contribution in [0.5, 0.6) is 0 Å². The van der Waals surface area contributed by atoms with E-state index in [4.69, 9.17) is 10.7 Å². The van der Waals surface area contributed by atoms with Crippen LogP contribution in [-0.4, -0.2) is 34.1 Å². The minimum absolute atomic E-state index is 0.280. The Labute approximate surface area is 126 Å². The first-order valence-electron chi connectivity index (χ1n) is 7.75. The lowest BCUT2D eigenvalue weighted by atomic mass is 10.1. The standard InChI is InChI=1S/C17H24N4/c1-13-16(15(12-18)21-10-6-7-11-21)20(2)17(19-13)14-8-4-3-5-9-14/h3-5,8-9,15H,6-7,10-12,18H2,1-2H3. The van der Waals surface area contributed by atoms with E-state index in [1.165, 1.54) is 18.5 Å². The molecule has 1 unspecified atom stereocenters. The Hall–Kier alpha value is -1.65. The number of hydrogen-bond donors (Lipinski definition) is 1. The van der Waals surface area contributed by atoms with Crippen LogP contribution in [0.2, 0.25) is 0 Å². The maximum Gasteiger partial charge on any atom is 0.140 e. The van der Waals surface area contributed by atoms with Crippen LogP contribution >= 0.6 is 0 Å². The molecule has 0 bridgehead atoms. The molecule has 2 heterocycles. The molecule has 1 aromatic carbocycles. The molecule has 1 aromatic heterocycles. The van der Waals surface area contributed by atoms with Gasteiger partial charge in [0.05, 0.1) is 17.4 Å². The number of benzene rings is 1. The maximum absolute atomic E-state index is 6.09. The number of likely N-dealkylation sites (tertiary alicyclic amines) is 1. The molecule has 0 radical (unpaired) electrons. The number of aryl methyl sites for hydroxylation is 1. The number of imidazole rings is 1. The second-order valence-electron chi connectivity index (χ2n) is 5.83. The van der Waals surface area contributed by atoms with Gasteiger partial charge < -0.3 is 10.3 Å². The highest BCUT2D eigenvalue weighted by Gasteiger charge is 2.27. The van der Waals surface area contributed by atoms with Crippen LogP contribution in [0.3, 0.4) is 0 Å². The molecular weight excluding hydrogens is 260 g/mol. The zero-order chi connectivity index (χ0) is 14.8. The second-order valence-corrected chi connectivity index (χ2v) is 5.83. The van der Waals surface area contributed by atoms with E-state index in [0.29, 0.717) is 6.54 Å². The van der Waals surface area contributed by atoms with Crippen molar-refractivity contribution in [2.24, 2.45) is 12.8 Å². The Bertz CT molecular complexity index is 597. The number of hydrogen-bond acceptors (Lipinski definition) is 3. The lowest BCUT2D eigenvalue weighted by molar-refractivity contribution is 0.242. The first-order valence-corrected chi connectivity index (χ1v) is 7.75. The summed E-state index contributed by atoms with van der Waals surface area (Å²) in [6.07, 6.45) is 2.55. The molecule has 21 heavy (non-hydrogen) atoms. The fourth-order valence-electron chi connectivity index (χ4n) is 3.44. The molecule has 1 atom stereocenters. The third-order valence-corrected chi connectivity index (χ3v) is 4.48. The monoisotopic (exact) mass is 284 g/mol. The maximum atomic E-state index is 6.09. The van der Waals surface area contributed by atoms with E-state index in [9.17, 15) is 0 Å². The summed E-state index contributed by atoms with van der Waals surface area (Å²) in [5, 5.41) is 0. The number of nitrogens with two attached hydrogens (primary N) is 1. The van der Waals surface area contributed by atoms with Gasteiger partial charge in [0.1, 0.15) is 5.82 Å². The zero-order valence-corrected chi connectivity index (χ0v) is 12.9. The van der Waals surface area contributed by atoms with Crippen LogP contribution in [0.25, 0.3) is 11.4 Å². The fourth-order valence-corrected chi connectivity index (χ4v) is 3.44. The minimum Gasteiger partial charge on any atom is -0.329 e. The molecule has 2 aromatic rings. The Morgan fingerprint density at radius 3 is 2.48 bits per heavy atom. The van der Waals surface area contributed by atoms with Crippen molar-refractivity contribution in [3.63, 3.8) is 0 Å². The largest absolute Gasteiger partial charge is 0.329 e. The van der Waals surface area contributed by atoms with Crippen LogP contribution in [0, 0.1) is 6.92 Å². The van der Waals surface area contributed by atoms with Crippen molar-refractivity contribution in [2.75, 3.05) is 19.6 Å². The van der Waals surface area contributed by atoms with Gasteiger partial charge >= 0.3 is 0 Å². The van der Waals surface area contributed by atoms with E-state index in [1.54, 1.807) is 0 Å². The quantitative estimate of drug-likeness (QED) is 0.938. The molecule has 3 rings (SSSR count). The third kappa shape index (κ3) is 2.61. The Kier molecular flexibility index (Phi) is 4.08. The summed E-state index contributed by atoms with van der Waals surface area (Å²) in [5.41, 5.74) is 9.60. The molecule has 0 aliphatic carbocycles. The Balaban J connectivity index is 2.01. The van der Waals surface area contributed by atoms with Crippen LogP contribution in [0.4, 0.5) is 0 Å². The number of rotatable bonds is 4. The second kappa shape index (κ2) is 6.00. The highest BCUT2D eigenvalue weighted by Crippen LogP contribution is 2.30. The van der Waals surface area contributed by atoms with E-state index in [1.807, 2.05) is 6.07 Å². The van der Waals surface area contributed by atoms with Crippen molar-refractivity contribution >= 4 is 0 Å². The van der Waals surface area contributed by atoms with Crippen molar-refractivity contribution in [3.8, 4) is 11.4 Å². The predicted octanol–water partition coefficient (Wildman–Crippen LogP) is 2.49. The molecular formula is C17H24N4. The molecule has 1 aliphatic heterocycles. The summed E-state index contributed by atoms with van der Waals surface area (Å²) in [5.74, 6) is 1.03. The molecule has 112 valence electrons. The van der Waals surface area contributed by atoms with Crippen LogP contribution < -0.4 is 5.73 Å². The molecule has 1 aliphatic rings. The molecule has 0 amide bonds. The average Bonchev–Trinajstić information content (AvgIpc) is 3.12. The molecule has 1 fully saturated rings. The highest BCUT2D eigenvalue weighted by molar-refractivity contribution is 5.56. The number of aromatic nitrogens is 2. The van der Waals surface area contributed by atoms with E-state index >= 15 is 0 Å². The first kappa shape index (κ1) is 14.3. The summed E-state index contributed by atoms with van der Waals surface area (Å²) in [6, 6.07) is 10.6. The molecule has 4 nitrogen and oxygen atoms in total. The van der Waals surface area contributed by atoms with Gasteiger partial charge in [-0.15, -0.1) is 0 Å². The molecule has 4 heteroatoms. The van der Waals surface area contributed by atoms with Crippen molar-refractivity contribution in [1.82, 2.24) is 14.5 Å². The number of nitrogens with zero attached hydrogens (tertiary/aromatic N) is 3. The van der Waals surface area contributed by atoms with Gasteiger partial charge in [-0.2, -0.15) is 0 Å². The van der Waals surface area contributed by atoms with Gasteiger partial charge in [0.15, 0.2) is 0 Å². The van der Waals surface area contributed by atoms with Crippen molar-refractivity contribution in [1.29, 1.82) is 0 Å². The molecule has 0 saturated carbocycles. The summed E-state index contributed by atoms with van der Waals surface area (Å²) >= 11 is 0. The predicted molar refractivity (Wildman–Crippen MR) is 86.0 cm³/mol. The molecule has 2 N–H and O–H groups in total. The lowest BCUT2D eigenvalue weighted by Gasteiger charge is -2.27. The van der Waals surface area contributed by atoms with Crippen molar-refractivity contribution < 1.29 is 0 Å². The van der Waals surface area contributed by atoms with Crippen LogP contribution in [-0.2, 0) is 7.05 Å². The third-order valence-electron chi connectivity index (χ3n) is 4.48. The van der Waals surface area contributed by atoms with E-state index in [-0.39, 0.29) is 6.04 Å². The zero-order valence-electron chi connectivity index (χ0n) is 12.9. The first-order chi connectivity index (χ1) is 10.2. The van der Waals surface area contributed by atoms with Gasteiger partial charge in [-0.05, 0) is 32.9 Å². The van der Waals surface area contributed by atoms with Crippen LogP contribution in [0.1, 0.15) is 30.3 Å². The van der Waals surface area contributed by atoms with Crippen LogP contribution in [0.15, 0.2) is 30.3 Å². The summed E-state index contributed by atoms with van der Waals surface area (Å²) in [4.78, 5) is 7.30. The van der Waals surface area contributed by atoms with Gasteiger partial charge in [-0.25, -0.2) is 4.98 Å². The normalized spacial score (nSPS) is 17.3. The Morgan fingerprint density at radius 2 is 1.86 bits per heavy atom. The van der Waals surface area contributed by atoms with E-state index in [0.717, 1.165) is 30.2 Å². The average molecular weight is 284 g/mol. The van der Waals surface area contributed by atoms with Crippen molar-refractivity contribution in [2.45, 2.75) is 25.8 Å². The van der Waals surface area contributed by atoms with Gasteiger partial charge in [0.25, 0.3) is 0 Å². The fraction of sp³-hybridized carbons (Fsp3) is 0.471. The molecule has 1 saturated heterocycles. The van der Waals surface area contributed by atoms with E-state index < -0.39 is 0 Å². The topological polar surface area (TPSA) is 47.1 Å². The van der Waals surface area contributed by atoms with Gasteiger partial charge in [-0.1, -0.05) is 30.3 Å². The summed E-state index contributed by atoms with van der Waals surface area (Å²) in [6.45, 7) is 5.04. The lowest BCUT2D eigenvalue weighted by Crippen LogP contribution is -2.33. The minimum atomic E-state index is 0.280. The highest BCUT2D eigenvalue weighted by atomic mass is 15.2. The van der Waals surface area contributed by atoms with Gasteiger partial charge in [0.2, 0.25) is 0 Å². The smallest absolute Gasteiger partial charge is 0.140 e. The summed E-state index contributed by atoms with van der Waals surface area (Å²) in [7, 11) is 2.11. The van der Waals surface area contributed by atoms with Crippen molar-refractivity contribution in [3.05, 3.63) is 41.7 Å². The summed E-state index contributed by atoms with van der Waals surface area (Å²) < 4.78 is 2.22. The van der Waals surface area contributed by atoms with Gasteiger partial charge in [0, 0.05) is 19.2 Å². The Morgan fingerprint density at radius 1 is 1.19 bits per heavy atom. The van der Waals surface area contributed by atoms with E-state index in [2.05, 4.69) is 47.7 Å². The SMILES string of the molecule is Cc1nc(-c2ccccc2)n(C)c1C(CN)N1CCCC1. The molecule has 0 spiro atoms.